The topological polar surface area (TPSA) is 78.9 Å². The highest BCUT2D eigenvalue weighted by Gasteiger charge is 2.23. The van der Waals surface area contributed by atoms with Crippen LogP contribution in [0.2, 0.25) is 0 Å². The summed E-state index contributed by atoms with van der Waals surface area (Å²) in [6.45, 7) is 0.788. The van der Waals surface area contributed by atoms with E-state index in [4.69, 9.17) is 4.74 Å². The SMILES string of the molecule is COCCN(C)C(=O)N[C@@H](C(=O)O)c1ccccc1. The van der Waals surface area contributed by atoms with Crippen molar-refractivity contribution < 1.29 is 19.4 Å². The van der Waals surface area contributed by atoms with Gasteiger partial charge < -0.3 is 20.1 Å². The number of aliphatic carboxylic acids is 1. The highest BCUT2D eigenvalue weighted by Crippen LogP contribution is 2.12. The molecule has 6 heteroatoms. The fraction of sp³-hybridized carbons (Fsp3) is 0.385. The first kappa shape index (κ1) is 15.0. The largest absolute Gasteiger partial charge is 0.479 e. The monoisotopic (exact) mass is 266 g/mol. The van der Waals surface area contributed by atoms with Gasteiger partial charge in [-0.15, -0.1) is 0 Å². The second-order valence-electron chi connectivity index (χ2n) is 4.05. The van der Waals surface area contributed by atoms with Gasteiger partial charge in [-0.2, -0.15) is 0 Å². The molecule has 1 atom stereocenters. The molecule has 0 heterocycles. The number of ether oxygens (including phenoxy) is 1. The van der Waals surface area contributed by atoms with Crippen molar-refractivity contribution in [2.75, 3.05) is 27.3 Å². The molecule has 0 radical (unpaired) electrons. The number of nitrogens with zero attached hydrogens (tertiary/aromatic N) is 1. The van der Waals surface area contributed by atoms with Crippen LogP contribution in [-0.4, -0.2) is 49.3 Å². The van der Waals surface area contributed by atoms with Gasteiger partial charge in [0.25, 0.3) is 0 Å². The van der Waals surface area contributed by atoms with Crippen LogP contribution in [0.4, 0.5) is 4.79 Å². The maximum atomic E-state index is 11.8. The molecule has 0 aliphatic carbocycles. The molecular weight excluding hydrogens is 248 g/mol. The van der Waals surface area contributed by atoms with Crippen molar-refractivity contribution >= 4 is 12.0 Å². The zero-order chi connectivity index (χ0) is 14.3. The van der Waals surface area contributed by atoms with Crippen molar-refractivity contribution in [3.8, 4) is 0 Å². The van der Waals surface area contributed by atoms with Gasteiger partial charge in [0.1, 0.15) is 0 Å². The van der Waals surface area contributed by atoms with E-state index in [1.165, 1.54) is 12.0 Å². The number of urea groups is 1. The third kappa shape index (κ3) is 4.59. The van der Waals surface area contributed by atoms with Crippen LogP contribution in [0.15, 0.2) is 30.3 Å². The first-order valence-electron chi connectivity index (χ1n) is 5.84. The van der Waals surface area contributed by atoms with Gasteiger partial charge in [0, 0.05) is 20.7 Å². The lowest BCUT2D eigenvalue weighted by molar-refractivity contribution is -0.139. The highest BCUT2D eigenvalue weighted by molar-refractivity contribution is 5.83. The Bertz CT molecular complexity index is 422. The average molecular weight is 266 g/mol. The normalized spacial score (nSPS) is 11.7. The maximum Gasteiger partial charge on any atom is 0.330 e. The number of likely N-dealkylation sites (N-methyl/N-ethyl adjacent to an activating group) is 1. The summed E-state index contributed by atoms with van der Waals surface area (Å²) in [6.07, 6.45) is 0. The molecule has 2 amide bonds. The number of amides is 2. The van der Waals surface area contributed by atoms with Crippen LogP contribution in [0, 0.1) is 0 Å². The van der Waals surface area contributed by atoms with Gasteiger partial charge in [-0.25, -0.2) is 9.59 Å². The molecule has 2 N–H and O–H groups in total. The average Bonchev–Trinajstić information content (AvgIpc) is 2.42. The summed E-state index contributed by atoms with van der Waals surface area (Å²) in [5.74, 6) is -1.10. The number of carboxylic acids is 1. The minimum atomic E-state index is -1.10. The molecule has 0 bridgehead atoms. The number of hydrogen-bond donors (Lipinski definition) is 2. The number of methoxy groups -OCH3 is 1. The summed E-state index contributed by atoms with van der Waals surface area (Å²) in [7, 11) is 3.12. The lowest BCUT2D eigenvalue weighted by Crippen LogP contribution is -2.43. The second-order valence-corrected chi connectivity index (χ2v) is 4.05. The summed E-state index contributed by atoms with van der Waals surface area (Å²) in [6, 6.07) is 7.06. The lowest BCUT2D eigenvalue weighted by atomic mass is 10.1. The maximum absolute atomic E-state index is 11.8. The second kappa shape index (κ2) is 7.38. The quantitative estimate of drug-likeness (QED) is 0.808. The molecular formula is C13H18N2O4. The van der Waals surface area contributed by atoms with E-state index in [2.05, 4.69) is 5.32 Å². The summed E-state index contributed by atoms with van der Waals surface area (Å²) >= 11 is 0. The Balaban J connectivity index is 2.70. The molecule has 0 saturated carbocycles. The summed E-state index contributed by atoms with van der Waals surface area (Å²) < 4.78 is 4.86. The molecule has 0 fully saturated rings. The standard InChI is InChI=1S/C13H18N2O4/c1-15(8-9-19-2)13(18)14-11(12(16)17)10-6-4-3-5-7-10/h3-7,11H,8-9H2,1-2H3,(H,14,18)(H,16,17)/t11-/m1/s1. The molecule has 0 saturated heterocycles. The Labute approximate surface area is 112 Å². The molecule has 104 valence electrons. The van der Waals surface area contributed by atoms with Crippen LogP contribution in [-0.2, 0) is 9.53 Å². The molecule has 0 spiro atoms. The van der Waals surface area contributed by atoms with E-state index >= 15 is 0 Å². The van der Waals surface area contributed by atoms with Crippen molar-refractivity contribution in [2.45, 2.75) is 6.04 Å². The Hall–Kier alpha value is -2.08. The van der Waals surface area contributed by atoms with E-state index in [0.717, 1.165) is 0 Å². The van der Waals surface area contributed by atoms with Gasteiger partial charge in [0.15, 0.2) is 6.04 Å². The van der Waals surface area contributed by atoms with Crippen molar-refractivity contribution in [1.82, 2.24) is 10.2 Å². The number of rotatable bonds is 6. The number of carbonyl (C=O) groups is 2. The smallest absolute Gasteiger partial charge is 0.330 e. The van der Waals surface area contributed by atoms with Gasteiger partial charge in [-0.05, 0) is 5.56 Å². The summed E-state index contributed by atoms with van der Waals surface area (Å²) in [5.41, 5.74) is 0.531. The van der Waals surface area contributed by atoms with Crippen molar-refractivity contribution in [3.05, 3.63) is 35.9 Å². The van der Waals surface area contributed by atoms with Crippen molar-refractivity contribution in [1.29, 1.82) is 0 Å². The van der Waals surface area contributed by atoms with Crippen molar-refractivity contribution in [3.63, 3.8) is 0 Å². The Morgan fingerprint density at radius 1 is 1.37 bits per heavy atom. The van der Waals surface area contributed by atoms with Crippen LogP contribution in [0.5, 0.6) is 0 Å². The molecule has 6 nitrogen and oxygen atoms in total. The van der Waals surface area contributed by atoms with Crippen molar-refractivity contribution in [2.24, 2.45) is 0 Å². The van der Waals surface area contributed by atoms with Gasteiger partial charge in [-0.3, -0.25) is 0 Å². The Kier molecular flexibility index (Phi) is 5.81. The molecule has 0 unspecified atom stereocenters. The van der Waals surface area contributed by atoms with Crippen LogP contribution in [0.1, 0.15) is 11.6 Å². The first-order chi connectivity index (χ1) is 9.06. The molecule has 0 aliphatic rings. The molecule has 1 aromatic rings. The predicted octanol–water partition coefficient (Wildman–Crippen LogP) is 1.10. The number of carboxylic acid groups (broad SMARTS) is 1. The van der Waals surface area contributed by atoms with E-state index in [1.54, 1.807) is 37.4 Å². The molecule has 0 aromatic heterocycles. The lowest BCUT2D eigenvalue weighted by Gasteiger charge is -2.21. The third-order valence-corrected chi connectivity index (χ3v) is 2.63. The fourth-order valence-corrected chi connectivity index (χ4v) is 1.50. The number of nitrogens with one attached hydrogen (secondary N) is 1. The summed E-state index contributed by atoms with van der Waals surface area (Å²) in [4.78, 5) is 24.4. The number of hydrogen-bond acceptors (Lipinski definition) is 3. The van der Waals surface area contributed by atoms with Gasteiger partial charge >= 0.3 is 12.0 Å². The van der Waals surface area contributed by atoms with Gasteiger partial charge in [-0.1, -0.05) is 30.3 Å². The van der Waals surface area contributed by atoms with E-state index in [1.807, 2.05) is 0 Å². The molecule has 1 rings (SSSR count). The molecule has 1 aromatic carbocycles. The number of benzene rings is 1. The number of carbonyl (C=O) groups excluding carboxylic acids is 1. The van der Waals surface area contributed by atoms with Gasteiger partial charge in [0.05, 0.1) is 6.61 Å². The minimum absolute atomic E-state index is 0.392. The van der Waals surface area contributed by atoms with E-state index < -0.39 is 18.0 Å². The van der Waals surface area contributed by atoms with E-state index in [9.17, 15) is 14.7 Å². The zero-order valence-electron chi connectivity index (χ0n) is 11.0. The highest BCUT2D eigenvalue weighted by atomic mass is 16.5. The van der Waals surface area contributed by atoms with E-state index in [-0.39, 0.29) is 0 Å². The van der Waals surface area contributed by atoms with Gasteiger partial charge in [0.2, 0.25) is 0 Å². The first-order valence-corrected chi connectivity index (χ1v) is 5.84. The Morgan fingerprint density at radius 3 is 2.53 bits per heavy atom. The third-order valence-electron chi connectivity index (χ3n) is 2.63. The summed E-state index contributed by atoms with van der Waals surface area (Å²) in [5, 5.41) is 11.6. The van der Waals surface area contributed by atoms with Crippen LogP contribution in [0.3, 0.4) is 0 Å². The zero-order valence-corrected chi connectivity index (χ0v) is 11.0. The Morgan fingerprint density at radius 2 is 2.00 bits per heavy atom. The van der Waals surface area contributed by atoms with E-state index in [0.29, 0.717) is 18.7 Å². The van der Waals surface area contributed by atoms with Crippen LogP contribution >= 0.6 is 0 Å². The molecule has 19 heavy (non-hydrogen) atoms. The molecule has 0 aliphatic heterocycles. The predicted molar refractivity (Wildman–Crippen MR) is 69.9 cm³/mol. The van der Waals surface area contributed by atoms with Crippen LogP contribution in [0.25, 0.3) is 0 Å². The fourth-order valence-electron chi connectivity index (χ4n) is 1.50. The van der Waals surface area contributed by atoms with Crippen LogP contribution < -0.4 is 5.32 Å². The minimum Gasteiger partial charge on any atom is -0.479 e.